The number of aliphatic hydroxyl groups excluding tert-OH is 6. The van der Waals surface area contributed by atoms with Crippen molar-refractivity contribution in [3.05, 3.63) is 117 Å². The Hall–Kier alpha value is -9.20. The van der Waals surface area contributed by atoms with Gasteiger partial charge in [0.2, 0.25) is 47.5 Å². The van der Waals surface area contributed by atoms with Crippen LogP contribution in [0.1, 0.15) is 105 Å². The Morgan fingerprint density at radius 2 is 1.30 bits per heavy atom. The summed E-state index contributed by atoms with van der Waals surface area (Å²) >= 11 is 14.2. The van der Waals surface area contributed by atoms with Gasteiger partial charge in [0.15, 0.2) is 36.0 Å². The number of carbonyl (C=O) groups is 8. The molecule has 0 aromatic heterocycles. The molecule has 20 N–H and O–H groups in total. The minimum Gasteiger partial charge on any atom is -0.508 e. The number of hydrogen-bond acceptors (Lipinski definition) is 24. The number of phenolic OH excluding ortho intramolecular Hbond substituents is 3. The Balaban J connectivity index is 1.24. The van der Waals surface area contributed by atoms with Crippen molar-refractivity contribution in [3.63, 3.8) is 0 Å². The number of nitrogens with two attached hydrogens (primary N) is 2. The SMILES string of the molecule is CC(C)C[C@H](C(=O)N[C@H]1C(=O)N[C@@H](CC(N)=O)C(=O)N[C@H]2C(=O)N[C@H]3C(=O)N[C@H](C(=O)N[C@H](C(=O)O)c4cc(O)cc(O)c4-c4cc3ccc4O)[C@H](O)c3ccc(c(Cl)c3)Oc3cc2cc(c3O[C@@H]2O[C@H](CO)[C@@H](O)[C@H](O)[C@H]2OC2C[C@](C)(N)[C@H](O)[C@H](C)O2)Oc2ccc(cc2Cl)[C@H]1O)[N+](C)(C)C. The van der Waals surface area contributed by atoms with Crippen molar-refractivity contribution in [1.29, 1.82) is 0 Å². The number of nitrogens with zero attached hydrogens (tertiary/aromatic N) is 1. The number of ether oxygens (including phenoxy) is 6. The molecule has 35 heteroatoms. The summed E-state index contributed by atoms with van der Waals surface area (Å²) in [5.74, 6) is -15.9. The number of amides is 7. The summed E-state index contributed by atoms with van der Waals surface area (Å²) in [6, 6.07) is -0.496. The molecule has 5 aromatic rings. The number of quaternary nitrogens is 1. The lowest BCUT2D eigenvalue weighted by Gasteiger charge is -2.47. The van der Waals surface area contributed by atoms with E-state index < -0.39 is 237 Å². The number of phenols is 3. The highest BCUT2D eigenvalue weighted by Gasteiger charge is 2.52. The second-order valence-electron chi connectivity index (χ2n) is 27.5. The van der Waals surface area contributed by atoms with Crippen LogP contribution < -0.4 is 57.6 Å². The van der Waals surface area contributed by atoms with E-state index in [0.717, 1.165) is 66.7 Å². The zero-order chi connectivity index (χ0) is 75.3. The molecule has 7 aliphatic rings. The number of carbonyl (C=O) groups excluding carboxylic acids is 7. The lowest BCUT2D eigenvalue weighted by Crippen LogP contribution is -2.64. The first kappa shape index (κ1) is 76.4. The van der Waals surface area contributed by atoms with Crippen LogP contribution in [0.3, 0.4) is 0 Å². The van der Waals surface area contributed by atoms with Gasteiger partial charge in [0.25, 0.3) is 5.91 Å². The maximum atomic E-state index is 16.1. The highest BCUT2D eigenvalue weighted by atomic mass is 35.5. The van der Waals surface area contributed by atoms with Crippen LogP contribution in [0, 0.1) is 5.92 Å². The molecule has 554 valence electrons. The quantitative estimate of drug-likeness (QED) is 0.0717. The van der Waals surface area contributed by atoms with E-state index in [1.165, 1.54) is 26.0 Å². The zero-order valence-corrected chi connectivity index (χ0v) is 57.8. The number of rotatable bonds is 13. The fourth-order valence-electron chi connectivity index (χ4n) is 12.9. The maximum Gasteiger partial charge on any atom is 0.330 e. The molecule has 7 amide bonds. The number of halogens is 2. The smallest absolute Gasteiger partial charge is 0.330 e. The third-order valence-corrected chi connectivity index (χ3v) is 18.9. The van der Waals surface area contributed by atoms with Crippen molar-refractivity contribution in [3.8, 4) is 57.1 Å². The molecule has 7 aliphatic heterocycles. The highest BCUT2D eigenvalue weighted by molar-refractivity contribution is 6.32. The molecule has 33 nitrogen and oxygen atoms in total. The number of nitrogens with one attached hydrogen (secondary N) is 6. The third-order valence-electron chi connectivity index (χ3n) is 18.3. The Kier molecular flexibility index (Phi) is 22.4. The first-order valence-corrected chi connectivity index (χ1v) is 33.2. The number of aliphatic hydroxyl groups is 6. The highest BCUT2D eigenvalue weighted by Crippen LogP contribution is 2.50. The minimum absolute atomic E-state index is 0.0168. The Morgan fingerprint density at radius 3 is 1.87 bits per heavy atom. The number of fused-ring (bicyclic) bond motifs is 15. The van der Waals surface area contributed by atoms with Crippen LogP contribution in [0.4, 0.5) is 0 Å². The van der Waals surface area contributed by atoms with Gasteiger partial charge in [-0.05, 0) is 96.6 Å². The van der Waals surface area contributed by atoms with Crippen molar-refractivity contribution in [1.82, 2.24) is 31.9 Å². The predicted molar refractivity (Wildman–Crippen MR) is 358 cm³/mol. The van der Waals surface area contributed by atoms with E-state index >= 15 is 19.2 Å². The second kappa shape index (κ2) is 30.2. The molecule has 18 atom stereocenters. The van der Waals surface area contributed by atoms with Crippen molar-refractivity contribution in [2.45, 2.75) is 156 Å². The molecule has 2 fully saturated rings. The predicted octanol–water partition coefficient (Wildman–Crippen LogP) is 0.593. The number of aliphatic carboxylic acids is 1. The van der Waals surface area contributed by atoms with Crippen LogP contribution in [0.25, 0.3) is 11.1 Å². The molecular weight excluding hydrogens is 1400 g/mol. The maximum absolute atomic E-state index is 16.1. The number of carboxylic acids is 1. The molecule has 11 bridgehead atoms. The monoisotopic (exact) mass is 1480 g/mol. The average Bonchev–Trinajstić information content (AvgIpc) is 0.767. The number of aromatic hydroxyl groups is 3. The van der Waals surface area contributed by atoms with E-state index in [0.29, 0.717) is 0 Å². The van der Waals surface area contributed by atoms with E-state index in [1.54, 1.807) is 21.1 Å². The van der Waals surface area contributed by atoms with Crippen LogP contribution in [0.5, 0.6) is 46.0 Å². The van der Waals surface area contributed by atoms with E-state index in [1.807, 2.05) is 13.8 Å². The standard InChI is InChI=1S/C68H79Cl2N9O24/c1-25(2)14-37(79(5,6)7)61(91)77-51-53(85)28-9-12-40(34(69)16-28)99-42-18-30-19-43(57(42)103-67-58(56(88)55(87)44(24-80)101-67)102-46-23-68(4,72)59(89)26(3)98-46)100-41-13-10-29(17-35(41)70)54(86)52-65(95)76-50(66(96)97)33-20-31(81)21-39(83)47(33)32-15-27(8-11-38(32)82)48(62(92)78-52)75-63(93)49(30)74-60(90)36(22-45(71)84)73-64(51)94/h8-13,15-21,25-26,36-37,44,46,48-56,58-59,67,80,85-89H,14,22-24,72H2,1-7H3,(H11-,71,73,74,75,76,77,78,81,82,83,84,90,91,92,93,94,95,96,97)/p+1/t26-,36-,37+,44+,46?,48+,49+,50-,51+,52-,53+,54+,55+,56-,58+,59+,67-,68-/m0/s1. The van der Waals surface area contributed by atoms with Crippen LogP contribution in [-0.2, 0) is 52.6 Å². The van der Waals surface area contributed by atoms with E-state index in [9.17, 15) is 70.2 Å². The summed E-state index contributed by atoms with van der Waals surface area (Å²) in [6.45, 7) is 5.74. The summed E-state index contributed by atoms with van der Waals surface area (Å²) in [6.07, 6.45) is -18.5. The molecule has 7 heterocycles. The van der Waals surface area contributed by atoms with Crippen molar-refractivity contribution < 1.29 is 122 Å². The van der Waals surface area contributed by atoms with Gasteiger partial charge in [-0.25, -0.2) is 4.79 Å². The fourth-order valence-corrected chi connectivity index (χ4v) is 13.3. The van der Waals surface area contributed by atoms with Crippen molar-refractivity contribution in [2.75, 3.05) is 27.7 Å². The summed E-state index contributed by atoms with van der Waals surface area (Å²) in [7, 11) is 5.17. The van der Waals surface area contributed by atoms with Crippen molar-refractivity contribution >= 4 is 70.5 Å². The number of likely N-dealkylation sites (N-methyl/N-ethyl adjacent to an activating group) is 1. The summed E-state index contributed by atoms with van der Waals surface area (Å²) in [5.41, 5.74) is 8.07. The molecule has 103 heavy (non-hydrogen) atoms. The van der Waals surface area contributed by atoms with Gasteiger partial charge in [-0.3, -0.25) is 33.6 Å². The van der Waals surface area contributed by atoms with Crippen LogP contribution in [0.15, 0.2) is 78.9 Å². The van der Waals surface area contributed by atoms with Gasteiger partial charge < -0.3 is 127 Å². The van der Waals surface area contributed by atoms with Crippen LogP contribution in [0.2, 0.25) is 10.0 Å². The molecular formula is C68H80Cl2N9O24+. The van der Waals surface area contributed by atoms with Gasteiger partial charge in [-0.15, -0.1) is 0 Å². The topological polar surface area (TPSA) is 518 Å². The molecule has 0 saturated carbocycles. The van der Waals surface area contributed by atoms with Gasteiger partial charge in [0, 0.05) is 41.1 Å². The van der Waals surface area contributed by atoms with Gasteiger partial charge >= 0.3 is 5.97 Å². The van der Waals surface area contributed by atoms with Crippen LogP contribution in [-0.4, -0.2) is 210 Å². The van der Waals surface area contributed by atoms with Crippen molar-refractivity contribution in [2.24, 2.45) is 17.4 Å². The zero-order valence-electron chi connectivity index (χ0n) is 56.3. The number of primary amides is 1. The van der Waals surface area contributed by atoms with E-state index in [-0.39, 0.29) is 50.7 Å². The average molecular weight is 1480 g/mol. The molecule has 5 aromatic carbocycles. The molecule has 0 spiro atoms. The second-order valence-corrected chi connectivity index (χ2v) is 28.3. The lowest BCUT2D eigenvalue weighted by atomic mass is 9.86. The fraction of sp³-hybridized carbons (Fsp3) is 0.441. The van der Waals surface area contributed by atoms with Crippen LogP contribution >= 0.6 is 23.2 Å². The first-order valence-electron chi connectivity index (χ1n) is 32.4. The Bertz CT molecular complexity index is 4160. The van der Waals surface area contributed by atoms with Gasteiger partial charge in [-0.2, -0.15) is 0 Å². The molecule has 12 rings (SSSR count). The molecule has 2 saturated heterocycles. The largest absolute Gasteiger partial charge is 0.508 e. The minimum atomic E-state index is -2.35. The first-order chi connectivity index (χ1) is 48.3. The molecule has 0 aliphatic carbocycles. The number of carboxylic acid groups (broad SMARTS) is 1. The van der Waals surface area contributed by atoms with Gasteiger partial charge in [0.05, 0.1) is 56.4 Å². The van der Waals surface area contributed by atoms with Gasteiger partial charge in [-0.1, -0.05) is 55.2 Å². The molecule has 1 unspecified atom stereocenters. The Morgan fingerprint density at radius 1 is 0.709 bits per heavy atom. The van der Waals surface area contributed by atoms with Gasteiger partial charge in [0.1, 0.15) is 89.5 Å². The lowest BCUT2D eigenvalue weighted by molar-refractivity contribution is -0.887. The van der Waals surface area contributed by atoms with E-state index in [2.05, 4.69) is 31.9 Å². The normalized spacial score (nSPS) is 29.3. The number of hydrogen-bond donors (Lipinski definition) is 18. The summed E-state index contributed by atoms with van der Waals surface area (Å²) in [5, 5.41) is 128. The summed E-state index contributed by atoms with van der Waals surface area (Å²) in [4.78, 5) is 118. The molecule has 0 radical (unpaired) electrons. The number of benzene rings is 5. The third kappa shape index (κ3) is 16.3. The Labute approximate surface area is 597 Å². The summed E-state index contributed by atoms with van der Waals surface area (Å²) < 4.78 is 38.4. The van der Waals surface area contributed by atoms with E-state index in [4.69, 9.17) is 63.1 Å².